The second-order valence-corrected chi connectivity index (χ2v) is 4.01. The van der Waals surface area contributed by atoms with E-state index in [1.54, 1.807) is 0 Å². The molecule has 0 radical (unpaired) electrons. The molecule has 0 saturated heterocycles. The third-order valence-electron chi connectivity index (χ3n) is 2.89. The lowest BCUT2D eigenvalue weighted by Crippen LogP contribution is -2.21. The molecule has 2 aromatic carbocycles. The predicted octanol–water partition coefficient (Wildman–Crippen LogP) is 3.12. The van der Waals surface area contributed by atoms with Crippen LogP contribution in [0, 0.1) is 0 Å². The minimum absolute atomic E-state index is 0.274. The van der Waals surface area contributed by atoms with E-state index in [0.717, 1.165) is 12.8 Å². The van der Waals surface area contributed by atoms with Crippen LogP contribution in [0.15, 0.2) is 42.5 Å². The molecule has 2 rings (SSSR count). The van der Waals surface area contributed by atoms with E-state index in [0.29, 0.717) is 0 Å². The van der Waals surface area contributed by atoms with Crippen LogP contribution < -0.4 is 5.73 Å². The maximum Gasteiger partial charge on any atom is 0.00769 e. The van der Waals surface area contributed by atoms with Crippen LogP contribution >= 0.6 is 0 Å². The van der Waals surface area contributed by atoms with Crippen molar-refractivity contribution in [2.75, 3.05) is 0 Å². The van der Waals surface area contributed by atoms with Gasteiger partial charge in [-0.1, -0.05) is 49.4 Å². The summed E-state index contributed by atoms with van der Waals surface area (Å²) >= 11 is 0. The molecule has 1 nitrogen and oxygen atoms in total. The van der Waals surface area contributed by atoms with Crippen molar-refractivity contribution in [2.24, 2.45) is 5.73 Å². The molecular weight excluding hydrogens is 182 g/mol. The Balaban J connectivity index is 2.42. The molecule has 0 aromatic heterocycles. The summed E-state index contributed by atoms with van der Waals surface area (Å²) in [5.41, 5.74) is 7.36. The van der Waals surface area contributed by atoms with E-state index >= 15 is 0 Å². The van der Waals surface area contributed by atoms with E-state index < -0.39 is 0 Å². The van der Waals surface area contributed by atoms with E-state index in [1.807, 2.05) is 0 Å². The smallest absolute Gasteiger partial charge is 0.00769 e. The summed E-state index contributed by atoms with van der Waals surface area (Å²) in [6, 6.07) is 15.2. The number of hydrogen-bond donors (Lipinski definition) is 1. The van der Waals surface area contributed by atoms with Crippen molar-refractivity contribution in [2.45, 2.75) is 25.8 Å². The van der Waals surface area contributed by atoms with Gasteiger partial charge in [0.15, 0.2) is 0 Å². The quantitative estimate of drug-likeness (QED) is 0.807. The molecule has 0 aliphatic heterocycles. The van der Waals surface area contributed by atoms with Crippen LogP contribution in [0.5, 0.6) is 0 Å². The van der Waals surface area contributed by atoms with Gasteiger partial charge in [-0.05, 0) is 29.2 Å². The van der Waals surface area contributed by atoms with E-state index in [1.165, 1.54) is 16.3 Å². The molecule has 0 amide bonds. The summed E-state index contributed by atoms with van der Waals surface area (Å²) in [7, 11) is 0. The van der Waals surface area contributed by atoms with E-state index in [-0.39, 0.29) is 6.04 Å². The summed E-state index contributed by atoms with van der Waals surface area (Å²) in [5.74, 6) is 0. The summed E-state index contributed by atoms with van der Waals surface area (Å²) < 4.78 is 0. The maximum absolute atomic E-state index is 6.00. The zero-order valence-corrected chi connectivity index (χ0v) is 9.11. The van der Waals surface area contributed by atoms with Crippen molar-refractivity contribution >= 4 is 10.8 Å². The Bertz CT molecular complexity index is 443. The van der Waals surface area contributed by atoms with Crippen LogP contribution in [0.4, 0.5) is 0 Å². The standard InChI is InChI=1S/C14H17N/c1-2-13(15)10-12-8-5-7-11-6-3-4-9-14(11)12/h3-9,13H,2,10,15H2,1H3. The van der Waals surface area contributed by atoms with Crippen LogP contribution in [-0.2, 0) is 6.42 Å². The van der Waals surface area contributed by atoms with E-state index in [9.17, 15) is 0 Å². The molecule has 2 aromatic rings. The molecule has 0 aliphatic carbocycles. The number of nitrogens with two attached hydrogens (primary N) is 1. The average Bonchev–Trinajstić information content (AvgIpc) is 2.29. The molecule has 0 bridgehead atoms. The minimum atomic E-state index is 0.274. The predicted molar refractivity (Wildman–Crippen MR) is 65.9 cm³/mol. The largest absolute Gasteiger partial charge is 0.327 e. The van der Waals surface area contributed by atoms with Crippen molar-refractivity contribution in [3.05, 3.63) is 48.0 Å². The zero-order valence-electron chi connectivity index (χ0n) is 9.11. The van der Waals surface area contributed by atoms with Gasteiger partial charge in [0.05, 0.1) is 0 Å². The van der Waals surface area contributed by atoms with Crippen LogP contribution in [0.25, 0.3) is 10.8 Å². The highest BCUT2D eigenvalue weighted by molar-refractivity contribution is 5.85. The Morgan fingerprint density at radius 1 is 1.07 bits per heavy atom. The molecule has 0 aliphatic rings. The minimum Gasteiger partial charge on any atom is -0.327 e. The fourth-order valence-corrected chi connectivity index (χ4v) is 1.90. The van der Waals surface area contributed by atoms with Gasteiger partial charge < -0.3 is 5.73 Å². The molecule has 15 heavy (non-hydrogen) atoms. The lowest BCUT2D eigenvalue weighted by atomic mass is 9.98. The Kier molecular flexibility index (Phi) is 3.02. The number of benzene rings is 2. The van der Waals surface area contributed by atoms with Crippen molar-refractivity contribution in [1.82, 2.24) is 0 Å². The second kappa shape index (κ2) is 4.45. The van der Waals surface area contributed by atoms with Crippen LogP contribution in [-0.4, -0.2) is 6.04 Å². The van der Waals surface area contributed by atoms with Gasteiger partial charge in [-0.25, -0.2) is 0 Å². The normalized spacial score (nSPS) is 12.9. The van der Waals surface area contributed by atoms with Gasteiger partial charge in [0.2, 0.25) is 0 Å². The third kappa shape index (κ3) is 2.18. The van der Waals surface area contributed by atoms with Crippen molar-refractivity contribution in [1.29, 1.82) is 0 Å². The second-order valence-electron chi connectivity index (χ2n) is 4.01. The molecule has 1 heteroatoms. The Hall–Kier alpha value is -1.34. The Labute approximate surface area is 90.9 Å². The van der Waals surface area contributed by atoms with Gasteiger partial charge in [-0.15, -0.1) is 0 Å². The van der Waals surface area contributed by atoms with Crippen LogP contribution in [0.3, 0.4) is 0 Å². The summed E-state index contributed by atoms with van der Waals surface area (Å²) in [6.45, 7) is 2.13. The van der Waals surface area contributed by atoms with Gasteiger partial charge in [-0.2, -0.15) is 0 Å². The SMILES string of the molecule is CCC(N)Cc1cccc2ccccc12. The zero-order chi connectivity index (χ0) is 10.7. The lowest BCUT2D eigenvalue weighted by molar-refractivity contribution is 0.649. The molecule has 2 N–H and O–H groups in total. The van der Waals surface area contributed by atoms with E-state index in [4.69, 9.17) is 5.73 Å². The molecule has 0 saturated carbocycles. The highest BCUT2D eigenvalue weighted by Crippen LogP contribution is 2.19. The topological polar surface area (TPSA) is 26.0 Å². The van der Waals surface area contributed by atoms with Crippen molar-refractivity contribution < 1.29 is 0 Å². The first-order chi connectivity index (χ1) is 7.31. The first kappa shape index (κ1) is 10.2. The summed E-state index contributed by atoms with van der Waals surface area (Å²) in [5, 5.41) is 2.64. The molecule has 0 fully saturated rings. The highest BCUT2D eigenvalue weighted by atomic mass is 14.6. The molecular formula is C14H17N. The van der Waals surface area contributed by atoms with Crippen molar-refractivity contribution in [3.63, 3.8) is 0 Å². The maximum atomic E-state index is 6.00. The first-order valence-corrected chi connectivity index (χ1v) is 5.53. The summed E-state index contributed by atoms with van der Waals surface area (Å²) in [6.07, 6.45) is 2.00. The molecule has 1 unspecified atom stereocenters. The van der Waals surface area contributed by atoms with Gasteiger partial charge in [0, 0.05) is 6.04 Å². The van der Waals surface area contributed by atoms with Gasteiger partial charge in [0.25, 0.3) is 0 Å². The lowest BCUT2D eigenvalue weighted by Gasteiger charge is -2.11. The third-order valence-corrected chi connectivity index (χ3v) is 2.89. The number of fused-ring (bicyclic) bond motifs is 1. The Morgan fingerprint density at radius 3 is 2.60 bits per heavy atom. The monoisotopic (exact) mass is 199 g/mol. The van der Waals surface area contributed by atoms with E-state index in [2.05, 4.69) is 49.4 Å². The van der Waals surface area contributed by atoms with Crippen molar-refractivity contribution in [3.8, 4) is 0 Å². The molecule has 78 valence electrons. The fourth-order valence-electron chi connectivity index (χ4n) is 1.90. The number of rotatable bonds is 3. The van der Waals surface area contributed by atoms with Gasteiger partial charge in [0.1, 0.15) is 0 Å². The fraction of sp³-hybridized carbons (Fsp3) is 0.286. The first-order valence-electron chi connectivity index (χ1n) is 5.53. The van der Waals surface area contributed by atoms with Gasteiger partial charge in [-0.3, -0.25) is 0 Å². The highest BCUT2D eigenvalue weighted by Gasteiger charge is 2.04. The van der Waals surface area contributed by atoms with Crippen LogP contribution in [0.2, 0.25) is 0 Å². The van der Waals surface area contributed by atoms with Crippen LogP contribution in [0.1, 0.15) is 18.9 Å². The van der Waals surface area contributed by atoms with Gasteiger partial charge >= 0.3 is 0 Å². The molecule has 0 heterocycles. The summed E-state index contributed by atoms with van der Waals surface area (Å²) in [4.78, 5) is 0. The Morgan fingerprint density at radius 2 is 1.80 bits per heavy atom. The average molecular weight is 199 g/mol. The molecule has 0 spiro atoms. The molecule has 1 atom stereocenters. The number of hydrogen-bond acceptors (Lipinski definition) is 1.